The lowest BCUT2D eigenvalue weighted by atomic mass is 9.93. The maximum Gasteiger partial charge on any atom is 0.237 e. The highest BCUT2D eigenvalue weighted by atomic mass is 16.3. The van der Waals surface area contributed by atoms with E-state index in [9.17, 15) is 9.90 Å². The lowest BCUT2D eigenvalue weighted by Crippen LogP contribution is -2.55. The van der Waals surface area contributed by atoms with Crippen LogP contribution in [0.4, 0.5) is 0 Å². The van der Waals surface area contributed by atoms with E-state index in [0.717, 1.165) is 32.2 Å². The molecular formula is C15H28N2O2. The smallest absolute Gasteiger partial charge is 0.237 e. The van der Waals surface area contributed by atoms with Crippen molar-refractivity contribution in [3.63, 3.8) is 0 Å². The van der Waals surface area contributed by atoms with E-state index in [2.05, 4.69) is 10.2 Å². The summed E-state index contributed by atoms with van der Waals surface area (Å²) in [5.41, 5.74) is -0.641. The average Bonchev–Trinajstić information content (AvgIpc) is 2.38. The van der Waals surface area contributed by atoms with Crippen molar-refractivity contribution >= 4 is 5.91 Å². The van der Waals surface area contributed by atoms with Gasteiger partial charge in [-0.3, -0.25) is 9.69 Å². The number of carbonyl (C=O) groups is 1. The molecule has 1 amide bonds. The summed E-state index contributed by atoms with van der Waals surface area (Å²) in [5.74, 6) is 0.129. The lowest BCUT2D eigenvalue weighted by Gasteiger charge is -2.40. The molecule has 4 heteroatoms. The standard InChI is InChI=1S/C15H28N2O2/c1-12(17-10-6-9-15(2,19)11-17)14(18)16-13-7-4-3-5-8-13/h12-13,19H,3-11H2,1-2H3,(H,16,18). The molecule has 0 aromatic rings. The Hall–Kier alpha value is -0.610. The van der Waals surface area contributed by atoms with Crippen molar-refractivity contribution in [2.45, 2.75) is 76.5 Å². The van der Waals surface area contributed by atoms with Crippen molar-refractivity contribution in [1.29, 1.82) is 0 Å². The third kappa shape index (κ3) is 4.18. The van der Waals surface area contributed by atoms with Crippen molar-refractivity contribution in [3.05, 3.63) is 0 Å². The van der Waals surface area contributed by atoms with Crippen LogP contribution in [0.3, 0.4) is 0 Å². The van der Waals surface area contributed by atoms with Crippen LogP contribution < -0.4 is 5.32 Å². The van der Waals surface area contributed by atoms with Gasteiger partial charge in [0, 0.05) is 12.6 Å². The molecule has 1 heterocycles. The fourth-order valence-electron chi connectivity index (χ4n) is 3.32. The number of nitrogens with one attached hydrogen (secondary N) is 1. The number of hydrogen-bond acceptors (Lipinski definition) is 3. The molecule has 1 saturated heterocycles. The minimum Gasteiger partial charge on any atom is -0.389 e. The Bertz CT molecular complexity index is 311. The molecule has 2 unspecified atom stereocenters. The monoisotopic (exact) mass is 268 g/mol. The first kappa shape index (κ1) is 14.8. The molecule has 2 fully saturated rings. The van der Waals surface area contributed by atoms with Crippen LogP contribution in [-0.2, 0) is 4.79 Å². The zero-order valence-electron chi connectivity index (χ0n) is 12.3. The molecule has 110 valence electrons. The maximum absolute atomic E-state index is 12.3. The highest BCUT2D eigenvalue weighted by molar-refractivity contribution is 5.81. The fourth-order valence-corrected chi connectivity index (χ4v) is 3.32. The van der Waals surface area contributed by atoms with Gasteiger partial charge in [0.1, 0.15) is 0 Å². The first-order valence-corrected chi connectivity index (χ1v) is 7.75. The third-order valence-corrected chi connectivity index (χ3v) is 4.58. The second-order valence-electron chi connectivity index (χ2n) is 6.59. The van der Waals surface area contributed by atoms with Gasteiger partial charge in [0.05, 0.1) is 11.6 Å². The number of likely N-dealkylation sites (tertiary alicyclic amines) is 1. The van der Waals surface area contributed by atoms with Gasteiger partial charge in [-0.1, -0.05) is 19.3 Å². The Morgan fingerprint density at radius 3 is 2.63 bits per heavy atom. The summed E-state index contributed by atoms with van der Waals surface area (Å²) in [6, 6.07) is 0.239. The Labute approximate surface area is 116 Å². The van der Waals surface area contributed by atoms with E-state index in [1.165, 1.54) is 19.3 Å². The third-order valence-electron chi connectivity index (χ3n) is 4.58. The number of aliphatic hydroxyl groups is 1. The second-order valence-corrected chi connectivity index (χ2v) is 6.59. The molecule has 0 aromatic heterocycles. The van der Waals surface area contributed by atoms with E-state index in [0.29, 0.717) is 12.6 Å². The highest BCUT2D eigenvalue weighted by Gasteiger charge is 2.33. The average molecular weight is 268 g/mol. The molecule has 4 nitrogen and oxygen atoms in total. The van der Waals surface area contributed by atoms with Crippen LogP contribution in [0.15, 0.2) is 0 Å². The van der Waals surface area contributed by atoms with E-state index in [1.54, 1.807) is 0 Å². The van der Waals surface area contributed by atoms with Gasteiger partial charge in [-0.25, -0.2) is 0 Å². The highest BCUT2D eigenvalue weighted by Crippen LogP contribution is 2.22. The fraction of sp³-hybridized carbons (Fsp3) is 0.933. The lowest BCUT2D eigenvalue weighted by molar-refractivity contribution is -0.129. The molecule has 0 bridgehead atoms. The summed E-state index contributed by atoms with van der Waals surface area (Å²) in [7, 11) is 0. The van der Waals surface area contributed by atoms with E-state index in [-0.39, 0.29) is 11.9 Å². The SMILES string of the molecule is CC(C(=O)NC1CCCCC1)N1CCCC(C)(O)C1. The first-order chi connectivity index (χ1) is 8.98. The molecule has 2 atom stereocenters. The topological polar surface area (TPSA) is 52.6 Å². The largest absolute Gasteiger partial charge is 0.389 e. The molecule has 0 aromatic carbocycles. The normalized spacial score (nSPS) is 31.9. The minimum absolute atomic E-state index is 0.129. The van der Waals surface area contributed by atoms with Gasteiger partial charge in [-0.15, -0.1) is 0 Å². The van der Waals surface area contributed by atoms with Crippen LogP contribution in [0.2, 0.25) is 0 Å². The number of amides is 1. The predicted octanol–water partition coefficient (Wildman–Crippen LogP) is 1.67. The summed E-state index contributed by atoms with van der Waals surface area (Å²) in [4.78, 5) is 14.4. The van der Waals surface area contributed by atoms with Crippen molar-refractivity contribution in [3.8, 4) is 0 Å². The number of rotatable bonds is 3. The van der Waals surface area contributed by atoms with Gasteiger partial charge >= 0.3 is 0 Å². The van der Waals surface area contributed by atoms with Crippen molar-refractivity contribution in [1.82, 2.24) is 10.2 Å². The van der Waals surface area contributed by atoms with E-state index in [4.69, 9.17) is 0 Å². The summed E-state index contributed by atoms with van der Waals surface area (Å²) in [6.45, 7) is 5.34. The van der Waals surface area contributed by atoms with Gasteiger partial charge < -0.3 is 10.4 Å². The first-order valence-electron chi connectivity index (χ1n) is 7.75. The molecule has 0 spiro atoms. The molecule has 2 aliphatic rings. The number of nitrogens with zero attached hydrogens (tertiary/aromatic N) is 1. The van der Waals surface area contributed by atoms with E-state index >= 15 is 0 Å². The van der Waals surface area contributed by atoms with Crippen molar-refractivity contribution < 1.29 is 9.90 Å². The molecule has 19 heavy (non-hydrogen) atoms. The zero-order chi connectivity index (χ0) is 13.9. The Morgan fingerprint density at radius 1 is 1.32 bits per heavy atom. The molecule has 0 radical (unpaired) electrons. The van der Waals surface area contributed by atoms with Gasteiger partial charge in [0.15, 0.2) is 0 Å². The van der Waals surface area contributed by atoms with E-state index in [1.807, 2.05) is 13.8 Å². The number of carbonyl (C=O) groups excluding carboxylic acids is 1. The van der Waals surface area contributed by atoms with Gasteiger partial charge in [-0.05, 0) is 46.1 Å². The second kappa shape index (κ2) is 6.23. The predicted molar refractivity (Wildman–Crippen MR) is 75.9 cm³/mol. The van der Waals surface area contributed by atoms with Crippen LogP contribution >= 0.6 is 0 Å². The zero-order valence-corrected chi connectivity index (χ0v) is 12.3. The van der Waals surface area contributed by atoms with Crippen LogP contribution in [-0.4, -0.2) is 46.7 Å². The van der Waals surface area contributed by atoms with Crippen LogP contribution in [0.5, 0.6) is 0 Å². The van der Waals surface area contributed by atoms with Crippen LogP contribution in [0, 0.1) is 0 Å². The summed E-state index contributed by atoms with van der Waals surface area (Å²) in [5, 5.41) is 13.3. The van der Waals surface area contributed by atoms with Crippen LogP contribution in [0.25, 0.3) is 0 Å². The summed E-state index contributed by atoms with van der Waals surface area (Å²) in [6.07, 6.45) is 7.81. The van der Waals surface area contributed by atoms with Crippen molar-refractivity contribution in [2.75, 3.05) is 13.1 Å². The molecular weight excluding hydrogens is 240 g/mol. The van der Waals surface area contributed by atoms with Gasteiger partial charge in [0.2, 0.25) is 5.91 Å². The van der Waals surface area contributed by atoms with Gasteiger partial charge in [-0.2, -0.15) is 0 Å². The minimum atomic E-state index is -0.641. The molecule has 1 aliphatic heterocycles. The summed E-state index contributed by atoms with van der Waals surface area (Å²) < 4.78 is 0. The quantitative estimate of drug-likeness (QED) is 0.818. The number of β-amino-alcohol motifs (C(OH)–C–C–N with tert-alkyl or cyclic N) is 1. The van der Waals surface area contributed by atoms with Gasteiger partial charge in [0.25, 0.3) is 0 Å². The van der Waals surface area contributed by atoms with E-state index < -0.39 is 5.60 Å². The Morgan fingerprint density at radius 2 is 2.00 bits per heavy atom. The summed E-state index contributed by atoms with van der Waals surface area (Å²) >= 11 is 0. The number of hydrogen-bond donors (Lipinski definition) is 2. The van der Waals surface area contributed by atoms with Crippen LogP contribution in [0.1, 0.15) is 58.8 Å². The Balaban J connectivity index is 1.84. The molecule has 2 rings (SSSR count). The molecule has 2 N–H and O–H groups in total. The number of piperidine rings is 1. The van der Waals surface area contributed by atoms with Crippen molar-refractivity contribution in [2.24, 2.45) is 0 Å². The molecule has 1 saturated carbocycles. The maximum atomic E-state index is 12.3. The molecule has 1 aliphatic carbocycles. The Kier molecular flexibility index (Phi) is 4.85.